The van der Waals surface area contributed by atoms with E-state index >= 15 is 0 Å². The molecule has 6 heteroatoms. The molecule has 1 heterocycles. The smallest absolute Gasteiger partial charge is 0.321 e. The number of fused-ring (bicyclic) bond motifs is 1. The minimum Gasteiger partial charge on any atom is -0.396 e. The van der Waals surface area contributed by atoms with Gasteiger partial charge in [0.25, 0.3) is 0 Å². The molecule has 0 aromatic carbocycles. The van der Waals surface area contributed by atoms with Gasteiger partial charge in [-0.2, -0.15) is 0 Å². The van der Waals surface area contributed by atoms with Crippen LogP contribution in [0.4, 0.5) is 10.7 Å². The first-order valence-corrected chi connectivity index (χ1v) is 7.50. The van der Waals surface area contributed by atoms with Crippen LogP contribution in [0.3, 0.4) is 0 Å². The minimum absolute atomic E-state index is 0.0772. The Morgan fingerprint density at radius 2 is 2.33 bits per heavy atom. The van der Waals surface area contributed by atoms with E-state index in [0.29, 0.717) is 11.4 Å². The third kappa shape index (κ3) is 3.32. The van der Waals surface area contributed by atoms with Crippen LogP contribution in [-0.4, -0.2) is 33.8 Å². The number of aryl methyl sites for hydroxylation is 1. The van der Waals surface area contributed by atoms with Crippen molar-refractivity contribution < 1.29 is 9.90 Å². The zero-order valence-corrected chi connectivity index (χ0v) is 12.5. The van der Waals surface area contributed by atoms with Crippen molar-refractivity contribution in [2.75, 3.05) is 11.9 Å². The summed E-state index contributed by atoms with van der Waals surface area (Å²) in [5.74, 6) is 0.551. The molecule has 0 unspecified atom stereocenters. The first-order chi connectivity index (χ1) is 9.97. The van der Waals surface area contributed by atoms with Crippen LogP contribution in [0.2, 0.25) is 0 Å². The number of hydrogen-bond donors (Lipinski definition) is 3. The van der Waals surface area contributed by atoms with Gasteiger partial charge in [0, 0.05) is 30.5 Å². The first kappa shape index (κ1) is 14.3. The van der Waals surface area contributed by atoms with E-state index in [0.717, 1.165) is 31.4 Å². The van der Waals surface area contributed by atoms with Crippen molar-refractivity contribution in [2.24, 2.45) is 11.3 Å². The lowest BCUT2D eigenvalue weighted by Gasteiger charge is -2.30. The summed E-state index contributed by atoms with van der Waals surface area (Å²) in [5.41, 5.74) is 2.52. The van der Waals surface area contributed by atoms with E-state index in [1.54, 1.807) is 0 Å². The van der Waals surface area contributed by atoms with E-state index in [1.165, 1.54) is 5.56 Å². The van der Waals surface area contributed by atoms with Gasteiger partial charge in [-0.3, -0.25) is 5.32 Å². The highest BCUT2D eigenvalue weighted by atomic mass is 16.3. The number of amides is 2. The molecule has 1 aromatic heterocycles. The predicted molar refractivity (Wildman–Crippen MR) is 79.0 cm³/mol. The third-order valence-electron chi connectivity index (χ3n) is 4.36. The van der Waals surface area contributed by atoms with Crippen molar-refractivity contribution in [1.29, 1.82) is 0 Å². The Morgan fingerprint density at radius 3 is 3.05 bits per heavy atom. The molecule has 0 aliphatic heterocycles. The number of aromatic nitrogens is 2. The highest BCUT2D eigenvalue weighted by Gasteiger charge is 2.37. The standard InChI is InChI=1S/C15H22N4O2/c1-15(2)4-3-11-10(6-15)7-16-13(17-11)19-14(21)18-12-5-9(12)8-20/h7,9,12,20H,3-6,8H2,1-2H3,(H2,16,17,18,19,21)/t9-,12+/m0/s1. The van der Waals surface area contributed by atoms with Gasteiger partial charge in [0.15, 0.2) is 0 Å². The molecule has 1 fully saturated rings. The van der Waals surface area contributed by atoms with Crippen molar-refractivity contribution in [1.82, 2.24) is 15.3 Å². The second-order valence-electron chi connectivity index (χ2n) is 6.89. The summed E-state index contributed by atoms with van der Waals surface area (Å²) in [7, 11) is 0. The number of hydrogen-bond acceptors (Lipinski definition) is 4. The number of aliphatic hydroxyl groups excluding tert-OH is 1. The van der Waals surface area contributed by atoms with E-state index in [2.05, 4.69) is 34.4 Å². The lowest BCUT2D eigenvalue weighted by molar-refractivity contribution is 0.247. The van der Waals surface area contributed by atoms with Crippen molar-refractivity contribution in [2.45, 2.75) is 45.6 Å². The number of nitrogens with one attached hydrogen (secondary N) is 2. The van der Waals surface area contributed by atoms with Gasteiger partial charge >= 0.3 is 6.03 Å². The number of urea groups is 1. The minimum atomic E-state index is -0.299. The Bertz CT molecular complexity index is 559. The quantitative estimate of drug-likeness (QED) is 0.787. The van der Waals surface area contributed by atoms with Crippen molar-refractivity contribution in [3.05, 3.63) is 17.5 Å². The van der Waals surface area contributed by atoms with Gasteiger partial charge in [0.1, 0.15) is 0 Å². The van der Waals surface area contributed by atoms with Gasteiger partial charge in [0.2, 0.25) is 5.95 Å². The molecule has 1 saturated carbocycles. The Kier molecular flexibility index (Phi) is 3.57. The molecule has 6 nitrogen and oxygen atoms in total. The van der Waals surface area contributed by atoms with Crippen LogP contribution in [0.15, 0.2) is 6.20 Å². The van der Waals surface area contributed by atoms with Gasteiger partial charge in [-0.25, -0.2) is 14.8 Å². The maximum atomic E-state index is 11.8. The topological polar surface area (TPSA) is 87.1 Å². The van der Waals surface area contributed by atoms with Crippen LogP contribution in [0.25, 0.3) is 0 Å². The molecule has 3 N–H and O–H groups in total. The van der Waals surface area contributed by atoms with Crippen molar-refractivity contribution in [3.8, 4) is 0 Å². The molecule has 2 aliphatic rings. The van der Waals surface area contributed by atoms with Crippen LogP contribution in [0, 0.1) is 11.3 Å². The summed E-state index contributed by atoms with van der Waals surface area (Å²) in [6.45, 7) is 4.63. The normalized spacial score (nSPS) is 25.9. The fourth-order valence-electron chi connectivity index (χ4n) is 2.86. The maximum Gasteiger partial charge on any atom is 0.321 e. The molecule has 3 rings (SSSR count). The molecule has 21 heavy (non-hydrogen) atoms. The van der Waals surface area contributed by atoms with E-state index in [1.807, 2.05) is 6.20 Å². The van der Waals surface area contributed by atoms with Gasteiger partial charge < -0.3 is 10.4 Å². The van der Waals surface area contributed by atoms with Crippen LogP contribution in [-0.2, 0) is 12.8 Å². The number of carbonyl (C=O) groups is 1. The van der Waals surface area contributed by atoms with Crippen molar-refractivity contribution >= 4 is 12.0 Å². The zero-order valence-electron chi connectivity index (χ0n) is 12.5. The molecule has 114 valence electrons. The van der Waals surface area contributed by atoms with E-state index < -0.39 is 0 Å². The molecule has 0 spiro atoms. The second kappa shape index (κ2) is 5.26. The second-order valence-corrected chi connectivity index (χ2v) is 6.89. The monoisotopic (exact) mass is 290 g/mol. The molecule has 0 saturated heterocycles. The molecule has 2 atom stereocenters. The van der Waals surface area contributed by atoms with Crippen LogP contribution >= 0.6 is 0 Å². The summed E-state index contributed by atoms with van der Waals surface area (Å²) in [6, 6.07) is -0.222. The summed E-state index contributed by atoms with van der Waals surface area (Å²) < 4.78 is 0. The van der Waals surface area contributed by atoms with E-state index in [9.17, 15) is 4.79 Å². The lowest BCUT2D eigenvalue weighted by atomic mass is 9.76. The molecule has 2 aliphatic carbocycles. The van der Waals surface area contributed by atoms with E-state index in [4.69, 9.17) is 5.11 Å². The number of rotatable bonds is 3. The average Bonchev–Trinajstić information content (AvgIpc) is 3.16. The van der Waals surface area contributed by atoms with Gasteiger partial charge in [-0.05, 0) is 36.7 Å². The Labute approximate surface area is 124 Å². The van der Waals surface area contributed by atoms with Crippen LogP contribution < -0.4 is 10.6 Å². The summed E-state index contributed by atoms with van der Waals surface area (Å²) in [4.78, 5) is 20.5. The first-order valence-electron chi connectivity index (χ1n) is 7.50. The molecule has 0 radical (unpaired) electrons. The SMILES string of the molecule is CC1(C)CCc2nc(NC(=O)N[C@@H]3C[C@H]3CO)ncc2C1. The highest BCUT2D eigenvalue weighted by Crippen LogP contribution is 2.33. The molecule has 2 amide bonds. The number of anilines is 1. The van der Waals surface area contributed by atoms with Crippen molar-refractivity contribution in [3.63, 3.8) is 0 Å². The number of aliphatic hydroxyl groups is 1. The molecule has 1 aromatic rings. The number of nitrogens with zero attached hydrogens (tertiary/aromatic N) is 2. The summed E-state index contributed by atoms with van der Waals surface area (Å²) in [6.07, 6.45) is 5.67. The van der Waals surface area contributed by atoms with E-state index in [-0.39, 0.29) is 24.6 Å². The molecular formula is C15H22N4O2. The number of carbonyl (C=O) groups excluding carboxylic acids is 1. The van der Waals surface area contributed by atoms with Gasteiger partial charge in [-0.15, -0.1) is 0 Å². The van der Waals surface area contributed by atoms with Gasteiger partial charge in [0.05, 0.1) is 0 Å². The highest BCUT2D eigenvalue weighted by molar-refractivity contribution is 5.87. The molecule has 0 bridgehead atoms. The van der Waals surface area contributed by atoms with Crippen LogP contribution in [0.1, 0.15) is 37.9 Å². The fourth-order valence-corrected chi connectivity index (χ4v) is 2.86. The average molecular weight is 290 g/mol. The Balaban J connectivity index is 1.61. The Hall–Kier alpha value is -1.69. The fraction of sp³-hybridized carbons (Fsp3) is 0.667. The maximum absolute atomic E-state index is 11.8. The molecular weight excluding hydrogens is 268 g/mol. The summed E-state index contributed by atoms with van der Waals surface area (Å²) in [5, 5.41) is 14.4. The largest absolute Gasteiger partial charge is 0.396 e. The lowest BCUT2D eigenvalue weighted by Crippen LogP contribution is -2.33. The van der Waals surface area contributed by atoms with Gasteiger partial charge in [-0.1, -0.05) is 13.8 Å². The predicted octanol–water partition coefficient (Wildman–Crippen LogP) is 1.49. The summed E-state index contributed by atoms with van der Waals surface area (Å²) >= 11 is 0. The third-order valence-corrected chi connectivity index (χ3v) is 4.36. The zero-order chi connectivity index (χ0) is 15.0. The van der Waals surface area contributed by atoms with Crippen LogP contribution in [0.5, 0.6) is 0 Å². The Morgan fingerprint density at radius 1 is 1.52 bits per heavy atom.